The number of benzene rings is 1. The van der Waals surface area contributed by atoms with E-state index in [9.17, 15) is 0 Å². The fourth-order valence-corrected chi connectivity index (χ4v) is 2.93. The van der Waals surface area contributed by atoms with Gasteiger partial charge in [-0.3, -0.25) is 0 Å². The number of hydrogen-bond donors (Lipinski definition) is 2. The highest BCUT2D eigenvalue weighted by Crippen LogP contribution is 2.27. The summed E-state index contributed by atoms with van der Waals surface area (Å²) < 4.78 is 4.36. The van der Waals surface area contributed by atoms with Gasteiger partial charge in [-0.1, -0.05) is 13.8 Å². The van der Waals surface area contributed by atoms with Gasteiger partial charge in [-0.05, 0) is 36.6 Å². The molecule has 0 saturated heterocycles. The topological polar surface area (TPSA) is 49.8 Å². The predicted molar refractivity (Wildman–Crippen MR) is 80.5 cm³/mol. The second-order valence-electron chi connectivity index (χ2n) is 5.14. The molecule has 4 nitrogen and oxygen atoms in total. The van der Waals surface area contributed by atoms with E-state index < -0.39 is 0 Å². The molecule has 3 rings (SSSR count). The van der Waals surface area contributed by atoms with Gasteiger partial charge in [0, 0.05) is 35.4 Å². The summed E-state index contributed by atoms with van der Waals surface area (Å²) in [6.07, 6.45) is 2.35. The molecule has 1 aliphatic rings. The van der Waals surface area contributed by atoms with Gasteiger partial charge in [0.05, 0.1) is 0 Å². The largest absolute Gasteiger partial charge is 0.385 e. The summed E-state index contributed by atoms with van der Waals surface area (Å²) in [6, 6.07) is 6.44. The summed E-state index contributed by atoms with van der Waals surface area (Å²) in [7, 11) is 0. The summed E-state index contributed by atoms with van der Waals surface area (Å²) in [6.45, 7) is 5.29. The minimum atomic E-state index is 0.375. The lowest BCUT2D eigenvalue weighted by Crippen LogP contribution is -2.11. The molecule has 0 radical (unpaired) electrons. The molecule has 0 bridgehead atoms. The molecular formula is C14H18N4S. The molecule has 0 fully saturated rings. The zero-order chi connectivity index (χ0) is 13.2. The van der Waals surface area contributed by atoms with Crippen molar-refractivity contribution in [3.05, 3.63) is 29.6 Å². The number of aromatic nitrogens is 2. The monoisotopic (exact) mass is 274 g/mol. The van der Waals surface area contributed by atoms with Crippen molar-refractivity contribution < 1.29 is 0 Å². The van der Waals surface area contributed by atoms with E-state index >= 15 is 0 Å². The Kier molecular flexibility index (Phi) is 3.38. The second-order valence-corrected chi connectivity index (χ2v) is 5.89. The van der Waals surface area contributed by atoms with E-state index in [0.29, 0.717) is 5.92 Å². The number of anilines is 3. The average molecular weight is 274 g/mol. The zero-order valence-corrected chi connectivity index (χ0v) is 12.0. The average Bonchev–Trinajstić information content (AvgIpc) is 2.87. The Morgan fingerprint density at radius 3 is 3.05 bits per heavy atom. The third kappa shape index (κ3) is 2.71. The van der Waals surface area contributed by atoms with Gasteiger partial charge < -0.3 is 10.6 Å². The van der Waals surface area contributed by atoms with Crippen LogP contribution >= 0.6 is 11.5 Å². The number of aryl methyl sites for hydroxylation is 1. The van der Waals surface area contributed by atoms with E-state index in [2.05, 4.69) is 52.0 Å². The molecule has 1 aromatic heterocycles. The molecule has 19 heavy (non-hydrogen) atoms. The van der Waals surface area contributed by atoms with Crippen LogP contribution in [0.3, 0.4) is 0 Å². The normalized spacial score (nSPS) is 14.1. The van der Waals surface area contributed by atoms with E-state index in [1.807, 2.05) is 0 Å². The van der Waals surface area contributed by atoms with Gasteiger partial charge in [-0.15, -0.1) is 0 Å². The number of rotatable bonds is 3. The van der Waals surface area contributed by atoms with E-state index in [1.165, 1.54) is 29.2 Å². The Morgan fingerprint density at radius 1 is 1.37 bits per heavy atom. The maximum Gasteiger partial charge on any atom is 0.207 e. The lowest BCUT2D eigenvalue weighted by atomic mass is 10.0. The molecule has 0 aliphatic carbocycles. The minimum absolute atomic E-state index is 0.375. The highest BCUT2D eigenvalue weighted by Gasteiger charge is 2.11. The van der Waals surface area contributed by atoms with Crippen molar-refractivity contribution in [1.29, 1.82) is 0 Å². The van der Waals surface area contributed by atoms with Crippen LogP contribution in [0.15, 0.2) is 18.2 Å². The Hall–Kier alpha value is -1.62. The molecule has 5 heteroatoms. The summed E-state index contributed by atoms with van der Waals surface area (Å²) in [5.41, 5.74) is 3.73. The van der Waals surface area contributed by atoms with E-state index in [4.69, 9.17) is 0 Å². The molecule has 2 N–H and O–H groups in total. The van der Waals surface area contributed by atoms with Gasteiger partial charge in [-0.2, -0.15) is 4.37 Å². The van der Waals surface area contributed by atoms with Crippen LogP contribution in [-0.2, 0) is 6.42 Å². The molecule has 1 aromatic carbocycles. The van der Waals surface area contributed by atoms with Crippen LogP contribution in [0.2, 0.25) is 0 Å². The van der Waals surface area contributed by atoms with Crippen molar-refractivity contribution in [2.75, 3.05) is 17.2 Å². The Balaban J connectivity index is 1.78. The second kappa shape index (κ2) is 5.17. The minimum Gasteiger partial charge on any atom is -0.385 e. The smallest absolute Gasteiger partial charge is 0.207 e. The molecule has 100 valence electrons. The van der Waals surface area contributed by atoms with Gasteiger partial charge in [0.25, 0.3) is 0 Å². The van der Waals surface area contributed by atoms with Crippen LogP contribution in [0.5, 0.6) is 0 Å². The van der Waals surface area contributed by atoms with Crippen molar-refractivity contribution in [3.8, 4) is 0 Å². The maximum atomic E-state index is 4.50. The molecule has 0 unspecified atom stereocenters. The molecule has 1 aliphatic heterocycles. The van der Waals surface area contributed by atoms with Crippen molar-refractivity contribution in [1.82, 2.24) is 9.36 Å². The van der Waals surface area contributed by atoms with Gasteiger partial charge in [0.2, 0.25) is 5.13 Å². The van der Waals surface area contributed by atoms with Crippen LogP contribution in [0.25, 0.3) is 0 Å². The highest BCUT2D eigenvalue weighted by atomic mass is 32.1. The molecule has 0 amide bonds. The first-order valence-electron chi connectivity index (χ1n) is 6.70. The predicted octanol–water partition coefficient (Wildman–Crippen LogP) is 3.76. The van der Waals surface area contributed by atoms with Gasteiger partial charge in [0.15, 0.2) is 0 Å². The van der Waals surface area contributed by atoms with Crippen molar-refractivity contribution in [3.63, 3.8) is 0 Å². The van der Waals surface area contributed by atoms with Gasteiger partial charge in [-0.25, -0.2) is 4.98 Å². The number of hydrogen-bond acceptors (Lipinski definition) is 5. The summed E-state index contributed by atoms with van der Waals surface area (Å²) in [4.78, 5) is 4.50. The molecule has 0 atom stereocenters. The highest BCUT2D eigenvalue weighted by molar-refractivity contribution is 7.09. The Morgan fingerprint density at radius 2 is 2.26 bits per heavy atom. The number of fused-ring (bicyclic) bond motifs is 1. The van der Waals surface area contributed by atoms with Crippen LogP contribution in [0.4, 0.5) is 16.5 Å². The van der Waals surface area contributed by atoms with Gasteiger partial charge >= 0.3 is 0 Å². The molecular weight excluding hydrogens is 256 g/mol. The van der Waals surface area contributed by atoms with Crippen LogP contribution in [0.1, 0.15) is 37.6 Å². The fourth-order valence-electron chi connectivity index (χ4n) is 2.20. The zero-order valence-electron chi connectivity index (χ0n) is 11.2. The third-order valence-corrected chi connectivity index (χ3v) is 3.90. The molecule has 2 heterocycles. The first kappa shape index (κ1) is 12.4. The standard InChI is InChI=1S/C14H18N4S/c1-9(2)13-17-14(19-18-13)16-11-5-6-12-10(8-11)4-3-7-15-12/h5-6,8-9,15H,3-4,7H2,1-2H3,(H,16,17,18). The van der Waals surface area contributed by atoms with Crippen LogP contribution < -0.4 is 10.6 Å². The van der Waals surface area contributed by atoms with Crippen molar-refractivity contribution in [2.45, 2.75) is 32.6 Å². The van der Waals surface area contributed by atoms with E-state index in [-0.39, 0.29) is 0 Å². The fraction of sp³-hybridized carbons (Fsp3) is 0.429. The number of nitrogens with zero attached hydrogens (tertiary/aromatic N) is 2. The quantitative estimate of drug-likeness (QED) is 0.894. The Labute approximate surface area is 117 Å². The summed E-state index contributed by atoms with van der Waals surface area (Å²) >= 11 is 1.42. The molecule has 0 spiro atoms. The first-order chi connectivity index (χ1) is 9.22. The SMILES string of the molecule is CC(C)c1nsc(Nc2ccc3c(c2)CCCN3)n1. The van der Waals surface area contributed by atoms with Crippen molar-refractivity contribution >= 4 is 28.0 Å². The summed E-state index contributed by atoms with van der Waals surface area (Å²) in [5.74, 6) is 1.28. The van der Waals surface area contributed by atoms with E-state index in [0.717, 1.165) is 29.6 Å². The first-order valence-corrected chi connectivity index (χ1v) is 7.47. The molecule has 0 saturated carbocycles. The third-order valence-electron chi connectivity index (χ3n) is 3.25. The summed E-state index contributed by atoms with van der Waals surface area (Å²) in [5, 5.41) is 7.63. The maximum absolute atomic E-state index is 4.50. The van der Waals surface area contributed by atoms with Gasteiger partial charge in [0.1, 0.15) is 5.82 Å². The van der Waals surface area contributed by atoms with Crippen molar-refractivity contribution in [2.24, 2.45) is 0 Å². The van der Waals surface area contributed by atoms with Crippen LogP contribution in [-0.4, -0.2) is 15.9 Å². The lowest BCUT2D eigenvalue weighted by molar-refractivity contribution is 0.800. The van der Waals surface area contributed by atoms with Crippen LogP contribution in [0, 0.1) is 0 Å². The van der Waals surface area contributed by atoms with E-state index in [1.54, 1.807) is 0 Å². The molecule has 2 aromatic rings. The number of nitrogens with one attached hydrogen (secondary N) is 2. The lowest BCUT2D eigenvalue weighted by Gasteiger charge is -2.18. The Bertz CT molecular complexity index is 577.